The SMILES string of the molecule is C=CCNC(=O)C(=O)NCCc1ccsc1. The summed E-state index contributed by atoms with van der Waals surface area (Å²) in [5.74, 6) is -1.22. The van der Waals surface area contributed by atoms with Crippen LogP contribution in [0.1, 0.15) is 5.56 Å². The van der Waals surface area contributed by atoms with Crippen LogP contribution in [0.25, 0.3) is 0 Å². The minimum absolute atomic E-state index is 0.302. The molecule has 0 aliphatic carbocycles. The van der Waals surface area contributed by atoms with Crippen molar-refractivity contribution >= 4 is 23.2 Å². The molecule has 0 saturated heterocycles. The standard InChI is InChI=1S/C11H14N2O2S/c1-2-5-12-10(14)11(15)13-6-3-9-4-7-16-8-9/h2,4,7-8H,1,3,5-6H2,(H,12,14)(H,13,15). The number of hydrogen-bond donors (Lipinski definition) is 2. The van der Waals surface area contributed by atoms with Crippen LogP contribution in [0.5, 0.6) is 0 Å². The molecule has 0 bridgehead atoms. The summed E-state index contributed by atoms with van der Waals surface area (Å²) in [5, 5.41) is 8.96. The van der Waals surface area contributed by atoms with Crippen molar-refractivity contribution in [3.63, 3.8) is 0 Å². The second-order valence-corrected chi connectivity index (χ2v) is 3.92. The zero-order chi connectivity index (χ0) is 11.8. The maximum absolute atomic E-state index is 11.2. The van der Waals surface area contributed by atoms with Crippen LogP contribution in [0.3, 0.4) is 0 Å². The van der Waals surface area contributed by atoms with E-state index in [0.29, 0.717) is 13.1 Å². The van der Waals surface area contributed by atoms with Gasteiger partial charge in [0.2, 0.25) is 0 Å². The Kier molecular flexibility index (Phi) is 5.28. The molecule has 0 atom stereocenters. The average molecular weight is 238 g/mol. The third kappa shape index (κ3) is 4.27. The topological polar surface area (TPSA) is 58.2 Å². The zero-order valence-corrected chi connectivity index (χ0v) is 9.68. The lowest BCUT2D eigenvalue weighted by Crippen LogP contribution is -2.40. The molecule has 2 N–H and O–H groups in total. The van der Waals surface area contributed by atoms with Gasteiger partial charge in [-0.05, 0) is 28.8 Å². The lowest BCUT2D eigenvalue weighted by Gasteiger charge is -2.03. The van der Waals surface area contributed by atoms with Crippen molar-refractivity contribution in [2.75, 3.05) is 13.1 Å². The Morgan fingerprint density at radius 1 is 1.38 bits per heavy atom. The number of carbonyl (C=O) groups is 2. The van der Waals surface area contributed by atoms with Crippen LogP contribution in [0.2, 0.25) is 0 Å². The minimum Gasteiger partial charge on any atom is -0.348 e. The van der Waals surface area contributed by atoms with Crippen molar-refractivity contribution in [1.82, 2.24) is 10.6 Å². The number of hydrogen-bond acceptors (Lipinski definition) is 3. The molecule has 1 aromatic rings. The molecule has 1 rings (SSSR count). The van der Waals surface area contributed by atoms with Gasteiger partial charge in [0, 0.05) is 13.1 Å². The van der Waals surface area contributed by atoms with Gasteiger partial charge in [-0.25, -0.2) is 0 Å². The highest BCUT2D eigenvalue weighted by molar-refractivity contribution is 7.07. The maximum Gasteiger partial charge on any atom is 0.309 e. The summed E-state index contributed by atoms with van der Waals surface area (Å²) in [4.78, 5) is 22.3. The molecule has 0 aromatic carbocycles. The third-order valence-electron chi connectivity index (χ3n) is 1.89. The van der Waals surface area contributed by atoms with Crippen LogP contribution in [0.4, 0.5) is 0 Å². The van der Waals surface area contributed by atoms with Crippen molar-refractivity contribution in [2.24, 2.45) is 0 Å². The van der Waals surface area contributed by atoms with E-state index in [1.54, 1.807) is 11.3 Å². The summed E-state index contributed by atoms with van der Waals surface area (Å²) in [6, 6.07) is 1.99. The molecule has 2 amide bonds. The van der Waals surface area contributed by atoms with Crippen molar-refractivity contribution in [1.29, 1.82) is 0 Å². The fraction of sp³-hybridized carbons (Fsp3) is 0.273. The van der Waals surface area contributed by atoms with Crippen LogP contribution in [0, 0.1) is 0 Å². The van der Waals surface area contributed by atoms with Gasteiger partial charge in [0.05, 0.1) is 0 Å². The Labute approximate surface area is 98.4 Å². The van der Waals surface area contributed by atoms with Gasteiger partial charge in [-0.1, -0.05) is 6.08 Å². The first-order valence-electron chi connectivity index (χ1n) is 4.92. The van der Waals surface area contributed by atoms with E-state index in [2.05, 4.69) is 17.2 Å². The van der Waals surface area contributed by atoms with E-state index in [1.165, 1.54) is 6.08 Å². The monoisotopic (exact) mass is 238 g/mol. The Hall–Kier alpha value is -1.62. The highest BCUT2D eigenvalue weighted by Crippen LogP contribution is 2.05. The van der Waals surface area contributed by atoms with Gasteiger partial charge in [0.25, 0.3) is 0 Å². The van der Waals surface area contributed by atoms with E-state index < -0.39 is 11.8 Å². The smallest absolute Gasteiger partial charge is 0.309 e. The number of nitrogens with one attached hydrogen (secondary N) is 2. The summed E-state index contributed by atoms with van der Waals surface area (Å²) >= 11 is 1.61. The van der Waals surface area contributed by atoms with Gasteiger partial charge in [0.15, 0.2) is 0 Å². The van der Waals surface area contributed by atoms with Crippen molar-refractivity contribution < 1.29 is 9.59 Å². The van der Waals surface area contributed by atoms with E-state index in [9.17, 15) is 9.59 Å². The number of amides is 2. The van der Waals surface area contributed by atoms with Gasteiger partial charge < -0.3 is 10.6 Å². The van der Waals surface area contributed by atoms with Crippen LogP contribution in [-0.2, 0) is 16.0 Å². The second kappa shape index (κ2) is 6.79. The molecule has 5 heteroatoms. The summed E-state index contributed by atoms with van der Waals surface area (Å²) in [5.41, 5.74) is 1.16. The van der Waals surface area contributed by atoms with E-state index in [4.69, 9.17) is 0 Å². The summed E-state index contributed by atoms with van der Waals surface area (Å²) < 4.78 is 0. The summed E-state index contributed by atoms with van der Waals surface area (Å²) in [6.07, 6.45) is 2.26. The Morgan fingerprint density at radius 2 is 2.12 bits per heavy atom. The third-order valence-corrected chi connectivity index (χ3v) is 2.62. The van der Waals surface area contributed by atoms with Crippen LogP contribution in [-0.4, -0.2) is 24.9 Å². The van der Waals surface area contributed by atoms with Crippen molar-refractivity contribution in [3.05, 3.63) is 35.0 Å². The highest BCUT2D eigenvalue weighted by Gasteiger charge is 2.10. The van der Waals surface area contributed by atoms with E-state index in [-0.39, 0.29) is 0 Å². The molecule has 1 heterocycles. The maximum atomic E-state index is 11.2. The summed E-state index contributed by atoms with van der Waals surface area (Å²) in [6.45, 7) is 4.21. The number of rotatable bonds is 5. The van der Waals surface area contributed by atoms with Gasteiger partial charge >= 0.3 is 11.8 Å². The quantitative estimate of drug-likeness (QED) is 0.586. The van der Waals surface area contributed by atoms with Crippen LogP contribution < -0.4 is 10.6 Å². The molecular formula is C11H14N2O2S. The second-order valence-electron chi connectivity index (χ2n) is 3.14. The van der Waals surface area contributed by atoms with Gasteiger partial charge in [-0.15, -0.1) is 6.58 Å². The van der Waals surface area contributed by atoms with Gasteiger partial charge in [0.1, 0.15) is 0 Å². The molecule has 0 saturated carbocycles. The average Bonchev–Trinajstić information content (AvgIpc) is 2.78. The minimum atomic E-state index is -0.620. The predicted molar refractivity (Wildman–Crippen MR) is 64.2 cm³/mol. The van der Waals surface area contributed by atoms with E-state index in [0.717, 1.165) is 12.0 Å². The molecule has 0 unspecified atom stereocenters. The first-order valence-corrected chi connectivity index (χ1v) is 5.86. The normalized spacial score (nSPS) is 9.50. The fourth-order valence-corrected chi connectivity index (χ4v) is 1.78. The molecule has 0 aliphatic heterocycles. The summed E-state index contributed by atoms with van der Waals surface area (Å²) in [7, 11) is 0. The fourth-order valence-electron chi connectivity index (χ4n) is 1.08. The highest BCUT2D eigenvalue weighted by atomic mass is 32.1. The largest absolute Gasteiger partial charge is 0.348 e. The molecular weight excluding hydrogens is 224 g/mol. The molecule has 4 nitrogen and oxygen atoms in total. The lowest BCUT2D eigenvalue weighted by molar-refractivity contribution is -0.139. The van der Waals surface area contributed by atoms with Crippen molar-refractivity contribution in [3.8, 4) is 0 Å². The predicted octanol–water partition coefficient (Wildman–Crippen LogP) is 0.709. The van der Waals surface area contributed by atoms with Crippen LogP contribution >= 0.6 is 11.3 Å². The first kappa shape index (κ1) is 12.4. The van der Waals surface area contributed by atoms with Gasteiger partial charge in [-0.3, -0.25) is 9.59 Å². The molecule has 0 aliphatic rings. The van der Waals surface area contributed by atoms with E-state index in [1.807, 2.05) is 16.8 Å². The Morgan fingerprint density at radius 3 is 2.75 bits per heavy atom. The number of carbonyl (C=O) groups excluding carboxylic acids is 2. The van der Waals surface area contributed by atoms with Crippen molar-refractivity contribution in [2.45, 2.75) is 6.42 Å². The Balaban J connectivity index is 2.19. The van der Waals surface area contributed by atoms with Gasteiger partial charge in [-0.2, -0.15) is 11.3 Å². The molecule has 0 fully saturated rings. The first-order chi connectivity index (χ1) is 7.74. The molecule has 86 valence electrons. The zero-order valence-electron chi connectivity index (χ0n) is 8.86. The molecule has 0 radical (unpaired) electrons. The lowest BCUT2D eigenvalue weighted by atomic mass is 10.2. The van der Waals surface area contributed by atoms with Crippen LogP contribution in [0.15, 0.2) is 29.5 Å². The van der Waals surface area contributed by atoms with E-state index >= 15 is 0 Å². The molecule has 0 spiro atoms. The number of thiophene rings is 1. The molecule has 16 heavy (non-hydrogen) atoms. The Bertz CT molecular complexity index is 360. The molecule has 1 aromatic heterocycles.